The number of Topliss-reactive ketones (excluding diaryl/α,β-unsaturated/α-hetero) is 2. The van der Waals surface area contributed by atoms with Crippen molar-refractivity contribution < 1.29 is 19.1 Å². The van der Waals surface area contributed by atoms with Gasteiger partial charge in [-0.05, 0) is 12.8 Å². The molecule has 0 saturated heterocycles. The minimum Gasteiger partial charge on any atom is -0.462 e. The molecule has 2 saturated carbocycles. The zero-order chi connectivity index (χ0) is 9.59. The van der Waals surface area contributed by atoms with Crippen LogP contribution in [0, 0.1) is 11.8 Å². The Morgan fingerprint density at radius 3 is 2.46 bits per heavy atom. The number of ether oxygens (including phenoxy) is 1. The van der Waals surface area contributed by atoms with Crippen molar-refractivity contribution in [2.24, 2.45) is 11.8 Å². The van der Waals surface area contributed by atoms with Crippen LogP contribution in [0.5, 0.6) is 0 Å². The summed E-state index contributed by atoms with van der Waals surface area (Å²) in [7, 11) is 0. The summed E-state index contributed by atoms with van der Waals surface area (Å²) in [5.74, 6) is -1.52. The highest BCUT2D eigenvalue weighted by molar-refractivity contribution is 6.41. The molecule has 2 rings (SSSR count). The van der Waals surface area contributed by atoms with E-state index in [4.69, 9.17) is 4.74 Å². The molecule has 2 aliphatic rings. The summed E-state index contributed by atoms with van der Waals surface area (Å²) in [5.41, 5.74) is 0. The lowest BCUT2D eigenvalue weighted by atomic mass is 9.95. The van der Waals surface area contributed by atoms with Crippen molar-refractivity contribution >= 4 is 17.5 Å². The first-order valence-electron chi connectivity index (χ1n) is 4.35. The van der Waals surface area contributed by atoms with Crippen molar-refractivity contribution in [2.75, 3.05) is 0 Å². The third-order valence-corrected chi connectivity index (χ3v) is 2.77. The van der Waals surface area contributed by atoms with Crippen molar-refractivity contribution in [2.45, 2.75) is 25.9 Å². The Balaban J connectivity index is 2.10. The van der Waals surface area contributed by atoms with E-state index < -0.39 is 0 Å². The quantitative estimate of drug-likeness (QED) is 0.426. The van der Waals surface area contributed by atoms with Crippen molar-refractivity contribution in [1.29, 1.82) is 0 Å². The largest absolute Gasteiger partial charge is 0.462 e. The van der Waals surface area contributed by atoms with Gasteiger partial charge < -0.3 is 4.74 Å². The number of fused-ring (bicyclic) bond motifs is 2. The molecule has 2 aliphatic carbocycles. The molecule has 2 bridgehead atoms. The molecule has 4 nitrogen and oxygen atoms in total. The normalized spacial score (nSPS) is 36.8. The van der Waals surface area contributed by atoms with Crippen LogP contribution < -0.4 is 0 Å². The highest BCUT2D eigenvalue weighted by atomic mass is 16.5. The number of hydrogen-bond acceptors (Lipinski definition) is 4. The maximum atomic E-state index is 11.2. The number of hydrogen-bond donors (Lipinski definition) is 0. The van der Waals surface area contributed by atoms with Crippen LogP contribution in [0.1, 0.15) is 19.8 Å². The molecule has 13 heavy (non-hydrogen) atoms. The van der Waals surface area contributed by atoms with E-state index in [1.165, 1.54) is 6.92 Å². The molecule has 0 N–H and O–H groups in total. The van der Waals surface area contributed by atoms with Crippen molar-refractivity contribution in [3.63, 3.8) is 0 Å². The van der Waals surface area contributed by atoms with E-state index in [0.717, 1.165) is 0 Å². The molecule has 3 unspecified atom stereocenters. The lowest BCUT2D eigenvalue weighted by Gasteiger charge is -2.19. The van der Waals surface area contributed by atoms with Gasteiger partial charge in [0.1, 0.15) is 6.10 Å². The molecule has 0 aromatic carbocycles. The van der Waals surface area contributed by atoms with E-state index in [2.05, 4.69) is 0 Å². The van der Waals surface area contributed by atoms with Crippen LogP contribution in [0.4, 0.5) is 0 Å². The highest BCUT2D eigenvalue weighted by Gasteiger charge is 2.53. The lowest BCUT2D eigenvalue weighted by Crippen LogP contribution is -2.34. The molecule has 0 aliphatic heterocycles. The van der Waals surface area contributed by atoms with E-state index in [0.29, 0.717) is 12.8 Å². The van der Waals surface area contributed by atoms with Crippen LogP contribution in [-0.4, -0.2) is 23.6 Å². The Morgan fingerprint density at radius 1 is 1.31 bits per heavy atom. The number of carbonyl (C=O) groups excluding carboxylic acids is 3. The molecule has 4 heteroatoms. The standard InChI is InChI=1S/C9H10O4/c1-4(10)13-7-3-5-2-6(7)9(12)8(5)11/h5-7H,2-3H2,1H3. The molecule has 0 spiro atoms. The second-order valence-electron chi connectivity index (χ2n) is 3.65. The van der Waals surface area contributed by atoms with Gasteiger partial charge in [-0.1, -0.05) is 0 Å². The Bertz CT molecular complexity index is 294. The van der Waals surface area contributed by atoms with Gasteiger partial charge in [0.05, 0.1) is 5.92 Å². The SMILES string of the molecule is CC(=O)OC1CC2CC1C(=O)C2=O. The minimum absolute atomic E-state index is 0.179. The van der Waals surface area contributed by atoms with Crippen molar-refractivity contribution in [3.8, 4) is 0 Å². The third-order valence-electron chi connectivity index (χ3n) is 2.77. The average molecular weight is 182 g/mol. The van der Waals surface area contributed by atoms with Crippen LogP contribution in [0.2, 0.25) is 0 Å². The van der Waals surface area contributed by atoms with Gasteiger partial charge >= 0.3 is 5.97 Å². The Hall–Kier alpha value is -1.19. The Morgan fingerprint density at radius 2 is 2.00 bits per heavy atom. The zero-order valence-electron chi connectivity index (χ0n) is 7.28. The number of ketones is 2. The molecular formula is C9H10O4. The Labute approximate surface area is 75.2 Å². The maximum Gasteiger partial charge on any atom is 0.302 e. The van der Waals surface area contributed by atoms with Gasteiger partial charge in [0.25, 0.3) is 0 Å². The van der Waals surface area contributed by atoms with Crippen molar-refractivity contribution in [3.05, 3.63) is 0 Å². The minimum atomic E-state index is -0.377. The summed E-state index contributed by atoms with van der Waals surface area (Å²) in [6.07, 6.45) is 0.775. The highest BCUT2D eigenvalue weighted by Crippen LogP contribution is 2.41. The van der Waals surface area contributed by atoms with Crippen LogP contribution >= 0.6 is 0 Å². The van der Waals surface area contributed by atoms with E-state index in [-0.39, 0.29) is 35.5 Å². The summed E-state index contributed by atoms with van der Waals surface area (Å²) in [4.78, 5) is 33.0. The molecule has 0 aromatic rings. The van der Waals surface area contributed by atoms with Crippen LogP contribution in [0.25, 0.3) is 0 Å². The maximum absolute atomic E-state index is 11.2. The number of esters is 1. The topological polar surface area (TPSA) is 60.4 Å². The summed E-state index contributed by atoms with van der Waals surface area (Å²) >= 11 is 0. The van der Waals surface area contributed by atoms with Gasteiger partial charge in [-0.25, -0.2) is 0 Å². The molecule has 2 fully saturated rings. The smallest absolute Gasteiger partial charge is 0.302 e. The third kappa shape index (κ3) is 1.17. The summed E-state index contributed by atoms with van der Waals surface area (Å²) in [5, 5.41) is 0. The molecule has 0 radical (unpaired) electrons. The molecular weight excluding hydrogens is 172 g/mol. The molecule has 70 valence electrons. The summed E-state index contributed by atoms with van der Waals surface area (Å²) in [6, 6.07) is 0. The van der Waals surface area contributed by atoms with E-state index in [1.54, 1.807) is 0 Å². The zero-order valence-corrected chi connectivity index (χ0v) is 7.28. The van der Waals surface area contributed by atoms with Gasteiger partial charge in [-0.2, -0.15) is 0 Å². The first-order chi connectivity index (χ1) is 6.09. The fraction of sp³-hybridized carbons (Fsp3) is 0.667. The van der Waals surface area contributed by atoms with Gasteiger partial charge in [0.15, 0.2) is 0 Å². The average Bonchev–Trinajstić information content (AvgIpc) is 2.53. The van der Waals surface area contributed by atoms with Gasteiger partial charge in [-0.15, -0.1) is 0 Å². The second kappa shape index (κ2) is 2.65. The van der Waals surface area contributed by atoms with E-state index in [9.17, 15) is 14.4 Å². The monoisotopic (exact) mass is 182 g/mol. The first kappa shape index (κ1) is 8.41. The second-order valence-corrected chi connectivity index (χ2v) is 3.65. The molecule has 0 heterocycles. The first-order valence-corrected chi connectivity index (χ1v) is 4.35. The summed E-state index contributed by atoms with van der Waals surface area (Å²) < 4.78 is 4.95. The van der Waals surface area contributed by atoms with E-state index in [1.807, 2.05) is 0 Å². The predicted molar refractivity (Wildman–Crippen MR) is 41.8 cm³/mol. The van der Waals surface area contributed by atoms with Crippen molar-refractivity contribution in [1.82, 2.24) is 0 Å². The lowest BCUT2D eigenvalue weighted by molar-refractivity contribution is -0.153. The predicted octanol–water partition coefficient (Wildman–Crippen LogP) is 0.0961. The van der Waals surface area contributed by atoms with Gasteiger partial charge in [-0.3, -0.25) is 14.4 Å². The fourth-order valence-corrected chi connectivity index (χ4v) is 2.22. The number of rotatable bonds is 1. The van der Waals surface area contributed by atoms with Gasteiger partial charge in [0.2, 0.25) is 11.6 Å². The molecule has 0 aromatic heterocycles. The van der Waals surface area contributed by atoms with Crippen LogP contribution in [0.3, 0.4) is 0 Å². The van der Waals surface area contributed by atoms with E-state index >= 15 is 0 Å². The van der Waals surface area contributed by atoms with Gasteiger partial charge in [0, 0.05) is 12.8 Å². The summed E-state index contributed by atoms with van der Waals surface area (Å²) in [6.45, 7) is 1.32. The molecule has 3 atom stereocenters. The Kier molecular flexibility index (Phi) is 1.71. The van der Waals surface area contributed by atoms with Crippen LogP contribution in [-0.2, 0) is 19.1 Å². The fourth-order valence-electron chi connectivity index (χ4n) is 2.22. The molecule has 0 amide bonds. The van der Waals surface area contributed by atoms with Crippen LogP contribution in [0.15, 0.2) is 0 Å². The number of carbonyl (C=O) groups is 3.